The summed E-state index contributed by atoms with van der Waals surface area (Å²) in [7, 11) is 0. The van der Waals surface area contributed by atoms with Gasteiger partial charge >= 0.3 is 0 Å². The summed E-state index contributed by atoms with van der Waals surface area (Å²) in [6.07, 6.45) is 1.65. The number of imidazole rings is 1. The highest BCUT2D eigenvalue weighted by molar-refractivity contribution is 7.99. The monoisotopic (exact) mass is 490 g/mol. The topological polar surface area (TPSA) is 59.3 Å². The van der Waals surface area contributed by atoms with Crippen molar-refractivity contribution >= 4 is 46.5 Å². The first-order valence-electron chi connectivity index (χ1n) is 11.1. The highest BCUT2D eigenvalue weighted by Crippen LogP contribution is 2.27. The van der Waals surface area contributed by atoms with Gasteiger partial charge < -0.3 is 4.57 Å². The van der Waals surface area contributed by atoms with Crippen LogP contribution in [-0.2, 0) is 16.8 Å². The molecule has 1 N–H and O–H groups in total. The molecule has 1 aromatic heterocycles. The van der Waals surface area contributed by atoms with Crippen LogP contribution in [0.2, 0.25) is 5.02 Å². The van der Waals surface area contributed by atoms with Gasteiger partial charge in [0.15, 0.2) is 5.16 Å². The minimum absolute atomic E-state index is 0.101. The average Bonchev–Trinajstić information content (AvgIpc) is 3.16. The summed E-state index contributed by atoms with van der Waals surface area (Å²) in [4.78, 5) is 17.2. The van der Waals surface area contributed by atoms with Gasteiger partial charge in [0.25, 0.3) is 5.91 Å². The lowest BCUT2D eigenvalue weighted by Crippen LogP contribution is -2.20. The number of fused-ring (bicyclic) bond motifs is 1. The van der Waals surface area contributed by atoms with Crippen molar-refractivity contribution in [3.63, 3.8) is 0 Å². The largest absolute Gasteiger partial charge is 0.314 e. The fourth-order valence-corrected chi connectivity index (χ4v) is 4.53. The van der Waals surface area contributed by atoms with Crippen molar-refractivity contribution in [1.82, 2.24) is 15.0 Å². The SMILES string of the molecule is CC(C)(C)c1ccc(/C=N/NC(=O)CSc2nc3ccccc3n2Cc2ccccc2Cl)cc1. The molecule has 0 saturated carbocycles. The number of benzene rings is 3. The smallest absolute Gasteiger partial charge is 0.250 e. The van der Waals surface area contributed by atoms with Crippen LogP contribution in [0.15, 0.2) is 83.1 Å². The molecule has 1 amide bonds. The van der Waals surface area contributed by atoms with E-state index in [0.29, 0.717) is 11.6 Å². The van der Waals surface area contributed by atoms with E-state index in [-0.39, 0.29) is 17.1 Å². The first-order chi connectivity index (χ1) is 16.3. The van der Waals surface area contributed by atoms with Crippen LogP contribution in [0.3, 0.4) is 0 Å². The van der Waals surface area contributed by atoms with E-state index < -0.39 is 0 Å². The molecule has 0 spiro atoms. The van der Waals surface area contributed by atoms with Crippen LogP contribution in [0.5, 0.6) is 0 Å². The lowest BCUT2D eigenvalue weighted by atomic mass is 9.87. The van der Waals surface area contributed by atoms with Crippen molar-refractivity contribution in [3.8, 4) is 0 Å². The maximum atomic E-state index is 12.4. The van der Waals surface area contributed by atoms with E-state index >= 15 is 0 Å². The average molecular weight is 491 g/mol. The fourth-order valence-electron chi connectivity index (χ4n) is 3.52. The zero-order valence-electron chi connectivity index (χ0n) is 19.5. The van der Waals surface area contributed by atoms with Crippen LogP contribution in [0.25, 0.3) is 11.0 Å². The van der Waals surface area contributed by atoms with E-state index in [1.54, 1.807) is 6.21 Å². The van der Waals surface area contributed by atoms with Crippen molar-refractivity contribution in [3.05, 3.63) is 94.5 Å². The Labute approximate surface area is 209 Å². The summed E-state index contributed by atoms with van der Waals surface area (Å²) in [5, 5.41) is 5.58. The quantitative estimate of drug-likeness (QED) is 0.188. The number of thioether (sulfide) groups is 1. The molecule has 0 atom stereocenters. The maximum Gasteiger partial charge on any atom is 0.250 e. The number of carbonyl (C=O) groups excluding carboxylic acids is 1. The number of amides is 1. The number of aromatic nitrogens is 2. The molecule has 174 valence electrons. The van der Waals surface area contributed by atoms with Gasteiger partial charge in [0, 0.05) is 5.02 Å². The number of hydrazone groups is 1. The van der Waals surface area contributed by atoms with Gasteiger partial charge in [-0.3, -0.25) is 4.79 Å². The number of nitrogens with zero attached hydrogens (tertiary/aromatic N) is 3. The molecule has 5 nitrogen and oxygen atoms in total. The highest BCUT2D eigenvalue weighted by atomic mass is 35.5. The summed E-state index contributed by atoms with van der Waals surface area (Å²) >= 11 is 7.77. The zero-order valence-corrected chi connectivity index (χ0v) is 21.0. The number of hydrogen-bond acceptors (Lipinski definition) is 4. The third-order valence-corrected chi connectivity index (χ3v) is 6.76. The summed E-state index contributed by atoms with van der Waals surface area (Å²) in [5.74, 6) is 0.00972. The Kier molecular flexibility index (Phi) is 7.39. The van der Waals surface area contributed by atoms with Crippen LogP contribution in [0.1, 0.15) is 37.5 Å². The second kappa shape index (κ2) is 10.5. The molecule has 0 aliphatic rings. The van der Waals surface area contributed by atoms with Gasteiger partial charge in [-0.05, 0) is 40.3 Å². The second-order valence-corrected chi connectivity index (χ2v) is 10.4. The molecule has 3 aromatic carbocycles. The van der Waals surface area contributed by atoms with Crippen molar-refractivity contribution in [2.24, 2.45) is 5.10 Å². The zero-order chi connectivity index (χ0) is 24.1. The first kappa shape index (κ1) is 24.0. The molecule has 34 heavy (non-hydrogen) atoms. The predicted octanol–water partition coefficient (Wildman–Crippen LogP) is 6.28. The molecule has 0 saturated heterocycles. The van der Waals surface area contributed by atoms with E-state index in [9.17, 15) is 4.79 Å². The molecule has 1 heterocycles. The molecule has 4 aromatic rings. The van der Waals surface area contributed by atoms with Gasteiger partial charge in [0.2, 0.25) is 0 Å². The van der Waals surface area contributed by atoms with Crippen molar-refractivity contribution < 1.29 is 4.79 Å². The van der Waals surface area contributed by atoms with E-state index in [4.69, 9.17) is 16.6 Å². The van der Waals surface area contributed by atoms with E-state index in [0.717, 1.165) is 27.3 Å². The standard InChI is InChI=1S/C27H27ClN4OS/c1-27(2,3)21-14-12-19(13-15-21)16-29-31-25(33)18-34-26-30-23-10-6-7-11-24(23)32(26)17-20-8-4-5-9-22(20)28/h4-16H,17-18H2,1-3H3,(H,31,33)/b29-16+. The summed E-state index contributed by atoms with van der Waals surface area (Å²) in [6.45, 7) is 7.11. The molecular formula is C27H27ClN4OS. The lowest BCUT2D eigenvalue weighted by Gasteiger charge is -2.18. The third-order valence-electron chi connectivity index (χ3n) is 5.42. The highest BCUT2D eigenvalue weighted by Gasteiger charge is 2.15. The summed E-state index contributed by atoms with van der Waals surface area (Å²) in [6, 6.07) is 23.9. The van der Waals surface area contributed by atoms with Crippen LogP contribution in [0.4, 0.5) is 0 Å². The molecule has 0 radical (unpaired) electrons. The molecule has 0 aliphatic carbocycles. The van der Waals surface area contributed by atoms with Gasteiger partial charge in [0.1, 0.15) is 0 Å². The Morgan fingerprint density at radius 1 is 1.06 bits per heavy atom. The molecule has 0 bridgehead atoms. The third kappa shape index (κ3) is 5.88. The maximum absolute atomic E-state index is 12.4. The molecule has 4 rings (SSSR count). The normalized spacial score (nSPS) is 11.9. The lowest BCUT2D eigenvalue weighted by molar-refractivity contribution is -0.118. The van der Waals surface area contributed by atoms with Gasteiger partial charge in [-0.15, -0.1) is 0 Å². The molecule has 0 unspecified atom stereocenters. The van der Waals surface area contributed by atoms with Crippen molar-refractivity contribution in [2.75, 3.05) is 5.75 Å². The van der Waals surface area contributed by atoms with E-state index in [2.05, 4.69) is 48.0 Å². The first-order valence-corrected chi connectivity index (χ1v) is 12.4. The molecule has 0 fully saturated rings. The van der Waals surface area contributed by atoms with E-state index in [1.807, 2.05) is 60.7 Å². The van der Waals surface area contributed by atoms with Gasteiger partial charge in [-0.25, -0.2) is 10.4 Å². The predicted molar refractivity (Wildman–Crippen MR) is 142 cm³/mol. The molecule has 0 aliphatic heterocycles. The minimum Gasteiger partial charge on any atom is -0.314 e. The number of nitrogens with one attached hydrogen (secondary N) is 1. The Morgan fingerprint density at radius 2 is 1.76 bits per heavy atom. The summed E-state index contributed by atoms with van der Waals surface area (Å²) in [5.41, 5.74) is 7.78. The number of hydrogen-bond donors (Lipinski definition) is 1. The van der Waals surface area contributed by atoms with E-state index in [1.165, 1.54) is 17.3 Å². The Hall–Kier alpha value is -3.09. The fraction of sp³-hybridized carbons (Fsp3) is 0.222. The van der Waals surface area contributed by atoms with Gasteiger partial charge in [0.05, 0.1) is 29.5 Å². The van der Waals surface area contributed by atoms with Crippen molar-refractivity contribution in [1.29, 1.82) is 0 Å². The Bertz CT molecular complexity index is 1320. The van der Waals surface area contributed by atoms with Gasteiger partial charge in [-0.1, -0.05) is 98.7 Å². The molecular weight excluding hydrogens is 464 g/mol. The molecule has 7 heteroatoms. The Balaban J connectivity index is 1.41. The van der Waals surface area contributed by atoms with Crippen LogP contribution in [-0.4, -0.2) is 27.4 Å². The second-order valence-electron chi connectivity index (χ2n) is 9.01. The van der Waals surface area contributed by atoms with Crippen LogP contribution >= 0.6 is 23.4 Å². The Morgan fingerprint density at radius 3 is 2.50 bits per heavy atom. The number of para-hydroxylation sites is 2. The number of rotatable bonds is 7. The van der Waals surface area contributed by atoms with Crippen molar-refractivity contribution in [2.45, 2.75) is 37.9 Å². The minimum atomic E-state index is -0.191. The summed E-state index contributed by atoms with van der Waals surface area (Å²) < 4.78 is 2.09. The number of carbonyl (C=O) groups is 1. The van der Waals surface area contributed by atoms with Crippen LogP contribution < -0.4 is 5.43 Å². The van der Waals surface area contributed by atoms with Gasteiger partial charge in [-0.2, -0.15) is 5.10 Å². The number of halogens is 1. The van der Waals surface area contributed by atoms with Crippen LogP contribution in [0, 0.1) is 0 Å².